The first-order chi connectivity index (χ1) is 10.9. The molecule has 0 aromatic rings. The number of unbranched alkanes of at least 4 members (excludes halogenated alkanes) is 9. The quantitative estimate of drug-likeness (QED) is 0.332. The first-order valence-electron chi connectivity index (χ1n) is 9.49. The standard InChI is InChI=1S/C18H38O4S/c1-5-8-9-10-11-12-13-14-15-16-17-18(4,6-2)22-23(19,20)21-7-3/h5-17H2,1-4H3. The first-order valence-corrected chi connectivity index (χ1v) is 10.8. The van der Waals surface area contributed by atoms with Crippen LogP contribution in [-0.2, 0) is 18.8 Å². The molecule has 140 valence electrons. The van der Waals surface area contributed by atoms with Gasteiger partial charge in [-0.25, -0.2) is 8.37 Å². The van der Waals surface area contributed by atoms with E-state index in [1.54, 1.807) is 6.92 Å². The second kappa shape index (κ2) is 13.2. The highest BCUT2D eigenvalue weighted by atomic mass is 32.3. The van der Waals surface area contributed by atoms with Crippen molar-refractivity contribution in [2.45, 2.75) is 110 Å². The first kappa shape index (κ1) is 22.9. The van der Waals surface area contributed by atoms with Crippen molar-refractivity contribution in [3.05, 3.63) is 0 Å². The third-order valence-electron chi connectivity index (χ3n) is 4.37. The van der Waals surface area contributed by atoms with E-state index in [1.165, 1.54) is 51.4 Å². The lowest BCUT2D eigenvalue weighted by Crippen LogP contribution is -2.31. The van der Waals surface area contributed by atoms with Gasteiger partial charge < -0.3 is 0 Å². The Morgan fingerprint density at radius 3 is 1.70 bits per heavy atom. The van der Waals surface area contributed by atoms with Gasteiger partial charge in [0, 0.05) is 0 Å². The van der Waals surface area contributed by atoms with E-state index in [-0.39, 0.29) is 6.61 Å². The molecule has 0 aliphatic carbocycles. The fourth-order valence-electron chi connectivity index (χ4n) is 2.68. The molecule has 23 heavy (non-hydrogen) atoms. The summed E-state index contributed by atoms with van der Waals surface area (Å²) >= 11 is 0. The van der Waals surface area contributed by atoms with Gasteiger partial charge in [-0.05, 0) is 26.7 Å². The smallest absolute Gasteiger partial charge is 0.248 e. The van der Waals surface area contributed by atoms with Crippen LogP contribution in [0.2, 0.25) is 0 Å². The van der Waals surface area contributed by atoms with Gasteiger partial charge in [-0.1, -0.05) is 78.1 Å². The van der Waals surface area contributed by atoms with E-state index >= 15 is 0 Å². The Hall–Kier alpha value is -0.130. The molecule has 0 spiro atoms. The van der Waals surface area contributed by atoms with E-state index < -0.39 is 16.0 Å². The van der Waals surface area contributed by atoms with E-state index in [4.69, 9.17) is 4.18 Å². The molecular formula is C18H38O4S. The van der Waals surface area contributed by atoms with Crippen LogP contribution in [0.1, 0.15) is 105 Å². The van der Waals surface area contributed by atoms with Crippen LogP contribution in [0.3, 0.4) is 0 Å². The van der Waals surface area contributed by atoms with Gasteiger partial charge in [-0.2, -0.15) is 8.42 Å². The second-order valence-corrected chi connectivity index (χ2v) is 7.85. The molecule has 0 aliphatic heterocycles. The van der Waals surface area contributed by atoms with Gasteiger partial charge in [0.1, 0.15) is 0 Å². The minimum absolute atomic E-state index is 0.111. The normalized spacial score (nSPS) is 14.8. The van der Waals surface area contributed by atoms with Crippen LogP contribution in [0.25, 0.3) is 0 Å². The summed E-state index contributed by atoms with van der Waals surface area (Å²) in [5.74, 6) is 0. The summed E-state index contributed by atoms with van der Waals surface area (Å²) < 4.78 is 33.2. The van der Waals surface area contributed by atoms with E-state index in [9.17, 15) is 8.42 Å². The minimum atomic E-state index is -3.86. The van der Waals surface area contributed by atoms with Gasteiger partial charge in [-0.3, -0.25) is 0 Å². The summed E-state index contributed by atoms with van der Waals surface area (Å²) in [7, 11) is -3.86. The van der Waals surface area contributed by atoms with E-state index in [0.717, 1.165) is 19.3 Å². The van der Waals surface area contributed by atoms with Crippen molar-refractivity contribution < 1.29 is 16.8 Å². The van der Waals surface area contributed by atoms with Crippen LogP contribution in [0.4, 0.5) is 0 Å². The van der Waals surface area contributed by atoms with Crippen molar-refractivity contribution >= 4 is 10.4 Å². The van der Waals surface area contributed by atoms with Gasteiger partial charge in [0.15, 0.2) is 0 Å². The van der Waals surface area contributed by atoms with E-state index in [2.05, 4.69) is 11.1 Å². The average Bonchev–Trinajstić information content (AvgIpc) is 2.48. The lowest BCUT2D eigenvalue weighted by molar-refractivity contribution is 0.0568. The Bertz CT molecular complexity index is 367. The SMILES string of the molecule is CCCCCCCCCCCCC(C)(CC)OS(=O)(=O)OCC. The predicted octanol–water partition coefficient (Wildman–Crippen LogP) is 5.76. The molecule has 0 N–H and O–H groups in total. The van der Waals surface area contributed by atoms with Crippen molar-refractivity contribution in [1.29, 1.82) is 0 Å². The topological polar surface area (TPSA) is 52.6 Å². The third-order valence-corrected chi connectivity index (χ3v) is 5.50. The van der Waals surface area contributed by atoms with E-state index in [1.807, 2.05) is 13.8 Å². The summed E-state index contributed by atoms with van der Waals surface area (Å²) in [6.45, 7) is 7.81. The van der Waals surface area contributed by atoms with Crippen LogP contribution in [0.15, 0.2) is 0 Å². The van der Waals surface area contributed by atoms with Crippen molar-refractivity contribution in [2.75, 3.05) is 6.61 Å². The molecule has 1 atom stereocenters. The molecule has 4 nitrogen and oxygen atoms in total. The lowest BCUT2D eigenvalue weighted by Gasteiger charge is -2.27. The molecule has 0 aliphatic rings. The molecule has 0 rings (SSSR count). The maximum absolute atomic E-state index is 11.6. The van der Waals surface area contributed by atoms with Gasteiger partial charge in [0.2, 0.25) is 0 Å². The number of hydrogen-bond acceptors (Lipinski definition) is 4. The minimum Gasteiger partial charge on any atom is -0.248 e. The highest BCUT2D eigenvalue weighted by molar-refractivity contribution is 7.81. The summed E-state index contributed by atoms with van der Waals surface area (Å²) in [4.78, 5) is 0. The summed E-state index contributed by atoms with van der Waals surface area (Å²) in [5.41, 5.74) is -0.645. The van der Waals surface area contributed by atoms with Crippen molar-refractivity contribution in [3.8, 4) is 0 Å². The summed E-state index contributed by atoms with van der Waals surface area (Å²) in [6, 6.07) is 0. The molecule has 5 heteroatoms. The van der Waals surface area contributed by atoms with Crippen LogP contribution in [0.5, 0.6) is 0 Å². The molecule has 0 bridgehead atoms. The maximum atomic E-state index is 11.6. The van der Waals surface area contributed by atoms with E-state index in [0.29, 0.717) is 6.42 Å². The Morgan fingerprint density at radius 2 is 1.26 bits per heavy atom. The maximum Gasteiger partial charge on any atom is 0.400 e. The fraction of sp³-hybridized carbons (Fsp3) is 1.00. The van der Waals surface area contributed by atoms with Crippen LogP contribution in [0, 0.1) is 0 Å². The number of rotatable bonds is 16. The zero-order valence-corrected chi connectivity index (χ0v) is 16.6. The van der Waals surface area contributed by atoms with Crippen LogP contribution >= 0.6 is 0 Å². The summed E-state index contributed by atoms with van der Waals surface area (Å²) in [5, 5.41) is 0. The fourth-order valence-corrected chi connectivity index (χ4v) is 3.71. The van der Waals surface area contributed by atoms with Gasteiger partial charge >= 0.3 is 10.4 Å². The Labute approximate surface area is 144 Å². The zero-order valence-electron chi connectivity index (χ0n) is 15.7. The van der Waals surface area contributed by atoms with Gasteiger partial charge in [0.25, 0.3) is 0 Å². The Morgan fingerprint density at radius 1 is 0.783 bits per heavy atom. The zero-order chi connectivity index (χ0) is 17.6. The van der Waals surface area contributed by atoms with Crippen LogP contribution < -0.4 is 0 Å². The van der Waals surface area contributed by atoms with Gasteiger partial charge in [0.05, 0.1) is 12.2 Å². The molecule has 0 saturated carbocycles. The van der Waals surface area contributed by atoms with Crippen molar-refractivity contribution in [2.24, 2.45) is 0 Å². The molecule has 0 fully saturated rings. The third kappa shape index (κ3) is 12.9. The number of hydrogen-bond donors (Lipinski definition) is 0. The highest BCUT2D eigenvalue weighted by Gasteiger charge is 2.29. The molecular weight excluding hydrogens is 312 g/mol. The highest BCUT2D eigenvalue weighted by Crippen LogP contribution is 2.26. The molecule has 0 aromatic carbocycles. The van der Waals surface area contributed by atoms with Crippen LogP contribution in [-0.4, -0.2) is 20.6 Å². The second-order valence-electron chi connectivity index (χ2n) is 6.63. The molecule has 0 heterocycles. The largest absolute Gasteiger partial charge is 0.400 e. The van der Waals surface area contributed by atoms with Gasteiger partial charge in [-0.15, -0.1) is 0 Å². The average molecular weight is 351 g/mol. The molecule has 0 radical (unpaired) electrons. The molecule has 0 saturated heterocycles. The predicted molar refractivity (Wildman–Crippen MR) is 96.8 cm³/mol. The molecule has 0 amide bonds. The lowest BCUT2D eigenvalue weighted by atomic mass is 9.95. The Balaban J connectivity index is 3.79. The summed E-state index contributed by atoms with van der Waals surface area (Å²) in [6.07, 6.45) is 14.2. The molecule has 0 aromatic heterocycles. The van der Waals surface area contributed by atoms with Crippen molar-refractivity contribution in [3.63, 3.8) is 0 Å². The molecule has 1 unspecified atom stereocenters. The Kier molecular flexibility index (Phi) is 13.1. The monoisotopic (exact) mass is 350 g/mol. The van der Waals surface area contributed by atoms with Crippen molar-refractivity contribution in [1.82, 2.24) is 0 Å².